The Balaban J connectivity index is 3.54. The van der Waals surface area contributed by atoms with Crippen LogP contribution in [-0.2, 0) is 0 Å². The molecule has 0 fully saturated rings. The molecule has 0 radical (unpaired) electrons. The summed E-state index contributed by atoms with van der Waals surface area (Å²) in [5, 5.41) is 3.40. The highest BCUT2D eigenvalue weighted by Gasteiger charge is 2.03. The first-order valence-electron chi connectivity index (χ1n) is 8.16. The van der Waals surface area contributed by atoms with Gasteiger partial charge in [0.2, 0.25) is 0 Å². The maximum atomic E-state index is 4.19. The van der Waals surface area contributed by atoms with Crippen LogP contribution >= 0.6 is 0 Å². The zero-order valence-electron chi connectivity index (χ0n) is 14.5. The lowest BCUT2D eigenvalue weighted by Gasteiger charge is -2.22. The van der Waals surface area contributed by atoms with Gasteiger partial charge in [-0.05, 0) is 43.9 Å². The second kappa shape index (κ2) is 10.8. The maximum absolute atomic E-state index is 4.19. The number of nitrogens with one attached hydrogen (secondary N) is 1. The van der Waals surface area contributed by atoms with Gasteiger partial charge in [0.15, 0.2) is 0 Å². The van der Waals surface area contributed by atoms with Crippen LogP contribution in [0.3, 0.4) is 0 Å². The molecule has 0 saturated heterocycles. The predicted molar refractivity (Wildman–Crippen MR) is 91.7 cm³/mol. The van der Waals surface area contributed by atoms with Crippen LogP contribution in [0, 0.1) is 11.8 Å². The van der Waals surface area contributed by atoms with Crippen molar-refractivity contribution in [2.24, 2.45) is 11.8 Å². The second-order valence-electron chi connectivity index (χ2n) is 6.59. The van der Waals surface area contributed by atoms with Crippen molar-refractivity contribution in [3.63, 3.8) is 0 Å². The highest BCUT2D eigenvalue weighted by Crippen LogP contribution is 2.13. The van der Waals surface area contributed by atoms with Crippen LogP contribution in [0.15, 0.2) is 24.6 Å². The molecule has 0 aliphatic rings. The Morgan fingerprint density at radius 3 is 2.25 bits per heavy atom. The first kappa shape index (κ1) is 19.1. The fourth-order valence-electron chi connectivity index (χ4n) is 1.91. The zero-order chi connectivity index (χ0) is 15.5. The molecule has 0 rings (SSSR count). The summed E-state index contributed by atoms with van der Waals surface area (Å²) >= 11 is 0. The number of nitrogens with zero attached hydrogens (tertiary/aromatic N) is 1. The van der Waals surface area contributed by atoms with Crippen LogP contribution in [0.5, 0.6) is 0 Å². The van der Waals surface area contributed by atoms with Gasteiger partial charge in [0, 0.05) is 31.5 Å². The first-order chi connectivity index (χ1) is 9.34. The minimum atomic E-state index is 0.533. The summed E-state index contributed by atoms with van der Waals surface area (Å²) in [7, 11) is 2.17. The maximum Gasteiger partial charge on any atom is 0.0171 e. The Hall–Kier alpha value is -0.920. The molecule has 0 saturated carbocycles. The second-order valence-corrected chi connectivity index (χ2v) is 6.59. The van der Waals surface area contributed by atoms with Crippen LogP contribution in [0.1, 0.15) is 59.8 Å². The number of allylic oxidation sites excluding steroid dienone is 2. The molecule has 20 heavy (non-hydrogen) atoms. The Morgan fingerprint density at radius 1 is 1.05 bits per heavy atom. The molecular formula is C18H36N2. The number of hydrogen-bond donors (Lipinski definition) is 1. The fourth-order valence-corrected chi connectivity index (χ4v) is 1.91. The molecule has 2 heteroatoms. The van der Waals surface area contributed by atoms with E-state index in [4.69, 9.17) is 0 Å². The third-order valence-corrected chi connectivity index (χ3v) is 3.77. The van der Waals surface area contributed by atoms with E-state index in [-0.39, 0.29) is 0 Å². The Morgan fingerprint density at radius 2 is 1.70 bits per heavy atom. The van der Waals surface area contributed by atoms with E-state index >= 15 is 0 Å². The van der Waals surface area contributed by atoms with Gasteiger partial charge in [0.05, 0.1) is 0 Å². The highest BCUT2D eigenvalue weighted by atomic mass is 15.1. The van der Waals surface area contributed by atoms with Crippen molar-refractivity contribution < 1.29 is 0 Å². The number of hydrogen-bond acceptors (Lipinski definition) is 2. The van der Waals surface area contributed by atoms with E-state index in [1.807, 2.05) is 0 Å². The molecule has 1 N–H and O–H groups in total. The molecule has 0 atom stereocenters. The van der Waals surface area contributed by atoms with E-state index < -0.39 is 0 Å². The molecule has 0 aromatic carbocycles. The molecule has 0 spiro atoms. The first-order valence-corrected chi connectivity index (χ1v) is 8.16. The molecular weight excluding hydrogens is 244 g/mol. The summed E-state index contributed by atoms with van der Waals surface area (Å²) in [5.41, 5.74) is 2.44. The Bertz CT molecular complexity index is 279. The molecule has 0 amide bonds. The van der Waals surface area contributed by atoms with E-state index in [1.165, 1.54) is 31.4 Å². The van der Waals surface area contributed by atoms with E-state index in [0.717, 1.165) is 31.1 Å². The summed E-state index contributed by atoms with van der Waals surface area (Å²) in [5.74, 6) is 1.30. The van der Waals surface area contributed by atoms with Gasteiger partial charge in [-0.3, -0.25) is 0 Å². The van der Waals surface area contributed by atoms with Crippen molar-refractivity contribution in [2.45, 2.75) is 59.8 Å². The molecule has 0 bridgehead atoms. The minimum Gasteiger partial charge on any atom is -0.389 e. The third kappa shape index (κ3) is 9.94. The molecule has 0 heterocycles. The van der Waals surface area contributed by atoms with Crippen LogP contribution < -0.4 is 5.32 Å². The van der Waals surface area contributed by atoms with E-state index in [1.54, 1.807) is 0 Å². The van der Waals surface area contributed by atoms with Gasteiger partial charge in [0.1, 0.15) is 0 Å². The monoisotopic (exact) mass is 280 g/mol. The Kier molecular flexibility index (Phi) is 10.3. The van der Waals surface area contributed by atoms with Crippen molar-refractivity contribution in [2.75, 3.05) is 20.1 Å². The van der Waals surface area contributed by atoms with Crippen molar-refractivity contribution in [1.29, 1.82) is 0 Å². The highest BCUT2D eigenvalue weighted by molar-refractivity contribution is 4.94. The van der Waals surface area contributed by atoms with Crippen LogP contribution in [0.4, 0.5) is 0 Å². The lowest BCUT2D eigenvalue weighted by molar-refractivity contribution is 0.376. The Labute approximate surface area is 127 Å². The lowest BCUT2D eigenvalue weighted by Crippen LogP contribution is -2.20. The van der Waals surface area contributed by atoms with Gasteiger partial charge in [-0.2, -0.15) is 0 Å². The van der Waals surface area contributed by atoms with Gasteiger partial charge in [-0.1, -0.05) is 40.9 Å². The molecule has 0 aliphatic heterocycles. The van der Waals surface area contributed by atoms with Crippen molar-refractivity contribution in [1.82, 2.24) is 10.2 Å². The minimum absolute atomic E-state index is 0.533. The predicted octanol–water partition coefficient (Wildman–Crippen LogP) is 4.80. The summed E-state index contributed by atoms with van der Waals surface area (Å²) < 4.78 is 0. The normalized spacial score (nSPS) is 10.9. The molecule has 0 aromatic rings. The standard InChI is InChI=1S/C18H36N2/c1-15(2)11-12-17(5)20(7)14-10-8-9-13-19-18(6)16(3)4/h15-16,19H,5-6,8-14H2,1-4,7H3. The van der Waals surface area contributed by atoms with Gasteiger partial charge in [-0.15, -0.1) is 0 Å². The zero-order valence-corrected chi connectivity index (χ0v) is 14.5. The molecule has 0 unspecified atom stereocenters. The smallest absolute Gasteiger partial charge is 0.0171 e. The number of rotatable bonds is 12. The third-order valence-electron chi connectivity index (χ3n) is 3.77. The fraction of sp³-hybridized carbons (Fsp3) is 0.778. The van der Waals surface area contributed by atoms with E-state index in [9.17, 15) is 0 Å². The summed E-state index contributed by atoms with van der Waals surface area (Å²) in [6, 6.07) is 0. The van der Waals surface area contributed by atoms with Crippen LogP contribution in [0.2, 0.25) is 0 Å². The average molecular weight is 280 g/mol. The summed E-state index contributed by atoms with van der Waals surface area (Å²) in [4.78, 5) is 2.32. The quantitative estimate of drug-likeness (QED) is 0.517. The van der Waals surface area contributed by atoms with Gasteiger partial charge < -0.3 is 10.2 Å². The van der Waals surface area contributed by atoms with Gasteiger partial charge in [-0.25, -0.2) is 0 Å². The molecule has 0 aromatic heterocycles. The van der Waals surface area contributed by atoms with Crippen LogP contribution in [-0.4, -0.2) is 25.0 Å². The molecule has 118 valence electrons. The number of unbranched alkanes of at least 4 members (excludes halogenated alkanes) is 2. The average Bonchev–Trinajstić information content (AvgIpc) is 2.38. The van der Waals surface area contributed by atoms with E-state index in [2.05, 4.69) is 58.1 Å². The van der Waals surface area contributed by atoms with Crippen molar-refractivity contribution in [3.05, 3.63) is 24.6 Å². The van der Waals surface area contributed by atoms with Crippen molar-refractivity contribution in [3.8, 4) is 0 Å². The van der Waals surface area contributed by atoms with Gasteiger partial charge >= 0.3 is 0 Å². The lowest BCUT2D eigenvalue weighted by atomic mass is 10.1. The summed E-state index contributed by atoms with van der Waals surface area (Å²) in [6.07, 6.45) is 6.10. The summed E-state index contributed by atoms with van der Waals surface area (Å²) in [6.45, 7) is 19.3. The van der Waals surface area contributed by atoms with Gasteiger partial charge in [0.25, 0.3) is 0 Å². The largest absolute Gasteiger partial charge is 0.389 e. The van der Waals surface area contributed by atoms with Crippen molar-refractivity contribution >= 4 is 0 Å². The molecule has 2 nitrogen and oxygen atoms in total. The topological polar surface area (TPSA) is 15.3 Å². The van der Waals surface area contributed by atoms with E-state index in [0.29, 0.717) is 5.92 Å². The SMILES string of the molecule is C=C(NCCCCCN(C)C(=C)CCC(C)C)C(C)C. The van der Waals surface area contributed by atoms with Crippen LogP contribution in [0.25, 0.3) is 0 Å². The molecule has 0 aliphatic carbocycles.